The highest BCUT2D eigenvalue weighted by atomic mass is 28.4. The van der Waals surface area contributed by atoms with Gasteiger partial charge >= 0.3 is 0 Å². The Morgan fingerprint density at radius 1 is 1.04 bits per heavy atom. The Bertz CT molecular complexity index is 533. The van der Waals surface area contributed by atoms with Gasteiger partial charge in [0.15, 0.2) is 14.1 Å². The second-order valence-electron chi connectivity index (χ2n) is 9.02. The van der Waals surface area contributed by atoms with Gasteiger partial charge in [0, 0.05) is 6.42 Å². The molecule has 3 heteroatoms. The Labute approximate surface area is 156 Å². The summed E-state index contributed by atoms with van der Waals surface area (Å²) in [6.45, 7) is 15.7. The molecule has 1 aliphatic rings. The molecule has 0 aromatic rings. The lowest BCUT2D eigenvalue weighted by atomic mass is 10.0. The maximum Gasteiger partial charge on any atom is 0.192 e. The summed E-state index contributed by atoms with van der Waals surface area (Å²) in [5.74, 6) is 0.270. The van der Waals surface area contributed by atoms with E-state index >= 15 is 0 Å². The second kappa shape index (κ2) is 9.68. The molecule has 0 spiro atoms. The Morgan fingerprint density at radius 3 is 2.32 bits per heavy atom. The Hall–Kier alpha value is -0.933. The van der Waals surface area contributed by atoms with Crippen molar-refractivity contribution in [2.75, 3.05) is 0 Å². The highest BCUT2D eigenvalue weighted by Gasteiger charge is 2.38. The normalized spacial score (nSPS) is 27.6. The fourth-order valence-electron chi connectivity index (χ4n) is 2.72. The van der Waals surface area contributed by atoms with Gasteiger partial charge in [-0.05, 0) is 70.2 Å². The molecule has 0 saturated heterocycles. The highest BCUT2D eigenvalue weighted by molar-refractivity contribution is 6.74. The lowest BCUT2D eigenvalue weighted by Gasteiger charge is -2.38. The molecule has 2 nitrogen and oxygen atoms in total. The number of carbonyl (C=O) groups is 1. The van der Waals surface area contributed by atoms with Crippen molar-refractivity contribution < 1.29 is 9.22 Å². The first kappa shape index (κ1) is 22.1. The van der Waals surface area contributed by atoms with Gasteiger partial charge < -0.3 is 4.43 Å². The largest absolute Gasteiger partial charge is 0.411 e. The minimum atomic E-state index is -1.79. The zero-order valence-electron chi connectivity index (χ0n) is 17.4. The van der Waals surface area contributed by atoms with Crippen molar-refractivity contribution >= 4 is 14.1 Å². The van der Waals surface area contributed by atoms with Crippen molar-refractivity contribution in [2.24, 2.45) is 0 Å². The van der Waals surface area contributed by atoms with Gasteiger partial charge in [-0.25, -0.2) is 0 Å². The quantitative estimate of drug-likeness (QED) is 0.508. The van der Waals surface area contributed by atoms with Crippen LogP contribution >= 0.6 is 0 Å². The van der Waals surface area contributed by atoms with Crippen molar-refractivity contribution in [3.8, 4) is 0 Å². The molecule has 0 amide bonds. The highest BCUT2D eigenvalue weighted by Crippen LogP contribution is 2.38. The fraction of sp³-hybridized carbons (Fsp3) is 0.682. The molecular weight excluding hydrogens is 324 g/mol. The summed E-state index contributed by atoms with van der Waals surface area (Å²) in [6, 6.07) is 0. The van der Waals surface area contributed by atoms with Gasteiger partial charge in [-0.15, -0.1) is 0 Å². The standard InChI is InChI=1S/C22H38O2Si/c1-18-11-8-14-20(23)17-19(2)13-10-16-21(15-9-12-18)24-25(6,7)22(3,4)5/h9,12,15,17,21H,8,10-11,13-14,16H2,1-7H3/b15-9-,18-12+,19-17-. The van der Waals surface area contributed by atoms with E-state index in [2.05, 4.69) is 65.9 Å². The summed E-state index contributed by atoms with van der Waals surface area (Å²) < 4.78 is 6.63. The molecule has 0 aliphatic heterocycles. The second-order valence-corrected chi connectivity index (χ2v) is 13.8. The summed E-state index contributed by atoms with van der Waals surface area (Å²) in [7, 11) is -1.79. The molecule has 142 valence electrons. The summed E-state index contributed by atoms with van der Waals surface area (Å²) in [4.78, 5) is 12.0. The van der Waals surface area contributed by atoms with Crippen LogP contribution in [0, 0.1) is 0 Å². The molecular formula is C22H38O2Si. The molecule has 0 bridgehead atoms. The van der Waals surface area contributed by atoms with Crippen molar-refractivity contribution in [3.05, 3.63) is 35.5 Å². The maximum absolute atomic E-state index is 12.0. The maximum atomic E-state index is 12.0. The van der Waals surface area contributed by atoms with Gasteiger partial charge in [0.25, 0.3) is 0 Å². The van der Waals surface area contributed by atoms with E-state index in [0.29, 0.717) is 6.42 Å². The van der Waals surface area contributed by atoms with Crippen LogP contribution in [0.15, 0.2) is 35.5 Å². The van der Waals surface area contributed by atoms with Crippen LogP contribution in [0.25, 0.3) is 0 Å². The lowest BCUT2D eigenvalue weighted by Crippen LogP contribution is -2.43. The van der Waals surface area contributed by atoms with E-state index < -0.39 is 8.32 Å². The van der Waals surface area contributed by atoms with Crippen LogP contribution < -0.4 is 0 Å². The Morgan fingerprint density at radius 2 is 1.68 bits per heavy atom. The van der Waals surface area contributed by atoms with Crippen LogP contribution in [0.5, 0.6) is 0 Å². The number of allylic oxidation sites excluding steroid dienone is 5. The molecule has 0 heterocycles. The minimum absolute atomic E-state index is 0.163. The van der Waals surface area contributed by atoms with Gasteiger partial charge in [0.1, 0.15) is 0 Å². The van der Waals surface area contributed by atoms with Crippen LogP contribution in [-0.4, -0.2) is 20.2 Å². The summed E-state index contributed by atoms with van der Waals surface area (Å²) >= 11 is 0. The third-order valence-corrected chi connectivity index (χ3v) is 9.92. The van der Waals surface area contributed by atoms with Crippen LogP contribution in [0.2, 0.25) is 18.1 Å². The topological polar surface area (TPSA) is 26.3 Å². The molecule has 1 atom stereocenters. The van der Waals surface area contributed by atoms with E-state index in [9.17, 15) is 4.79 Å². The first-order valence-corrected chi connectivity index (χ1v) is 12.6. The molecule has 0 N–H and O–H groups in total. The number of ketones is 1. The minimum Gasteiger partial charge on any atom is -0.411 e. The van der Waals surface area contributed by atoms with Gasteiger partial charge in [0.05, 0.1) is 6.10 Å². The average molecular weight is 363 g/mol. The summed E-state index contributed by atoms with van der Waals surface area (Å²) in [6.07, 6.45) is 14.2. The van der Waals surface area contributed by atoms with Gasteiger partial charge in [-0.1, -0.05) is 50.1 Å². The molecule has 0 fully saturated rings. The zero-order chi connectivity index (χ0) is 19.1. The molecule has 25 heavy (non-hydrogen) atoms. The predicted molar refractivity (Wildman–Crippen MR) is 111 cm³/mol. The fourth-order valence-corrected chi connectivity index (χ4v) is 4.03. The lowest BCUT2D eigenvalue weighted by molar-refractivity contribution is -0.114. The van der Waals surface area contributed by atoms with Gasteiger partial charge in [-0.2, -0.15) is 0 Å². The molecule has 1 unspecified atom stereocenters. The predicted octanol–water partition coefficient (Wildman–Crippen LogP) is 6.75. The van der Waals surface area contributed by atoms with Crippen LogP contribution in [0.4, 0.5) is 0 Å². The number of rotatable bonds is 2. The van der Waals surface area contributed by atoms with E-state index in [1.54, 1.807) is 0 Å². The molecule has 0 saturated carbocycles. The van der Waals surface area contributed by atoms with E-state index in [4.69, 9.17) is 4.43 Å². The number of hydrogen-bond donors (Lipinski definition) is 0. The van der Waals surface area contributed by atoms with Crippen molar-refractivity contribution in [3.63, 3.8) is 0 Å². The smallest absolute Gasteiger partial charge is 0.192 e. The Kier molecular flexibility index (Phi) is 8.56. The van der Waals surface area contributed by atoms with Gasteiger partial charge in [0.2, 0.25) is 0 Å². The van der Waals surface area contributed by atoms with Gasteiger partial charge in [-0.3, -0.25) is 4.79 Å². The van der Waals surface area contributed by atoms with E-state index in [1.165, 1.54) is 11.1 Å². The number of hydrogen-bond acceptors (Lipinski definition) is 2. The molecule has 0 radical (unpaired) electrons. The van der Waals surface area contributed by atoms with E-state index in [-0.39, 0.29) is 16.9 Å². The van der Waals surface area contributed by atoms with E-state index in [0.717, 1.165) is 32.1 Å². The zero-order valence-corrected chi connectivity index (χ0v) is 18.4. The first-order valence-electron chi connectivity index (χ1n) is 9.73. The third-order valence-electron chi connectivity index (χ3n) is 5.42. The van der Waals surface area contributed by atoms with Crippen LogP contribution in [0.1, 0.15) is 73.1 Å². The number of carbonyl (C=O) groups excluding carboxylic acids is 1. The molecule has 0 aromatic heterocycles. The molecule has 1 rings (SSSR count). The summed E-state index contributed by atoms with van der Waals surface area (Å²) in [5, 5.41) is 0.216. The van der Waals surface area contributed by atoms with Crippen molar-refractivity contribution in [1.82, 2.24) is 0 Å². The average Bonchev–Trinajstić information content (AvgIpc) is 2.44. The monoisotopic (exact) mass is 362 g/mol. The first-order chi connectivity index (χ1) is 11.5. The molecule has 0 aromatic carbocycles. The van der Waals surface area contributed by atoms with Crippen molar-refractivity contribution in [1.29, 1.82) is 0 Å². The van der Waals surface area contributed by atoms with Crippen LogP contribution in [-0.2, 0) is 9.22 Å². The molecule has 1 aliphatic carbocycles. The third kappa shape index (κ3) is 8.33. The van der Waals surface area contributed by atoms with E-state index in [1.807, 2.05) is 6.08 Å². The van der Waals surface area contributed by atoms with Crippen LogP contribution in [0.3, 0.4) is 0 Å². The SMILES string of the molecule is C/C1=C/C(=O)CCC/C(C)=C/C=C\C(O[Si](C)(C)C(C)(C)C)CCC1. The summed E-state index contributed by atoms with van der Waals surface area (Å²) in [5.41, 5.74) is 2.53. The van der Waals surface area contributed by atoms with Crippen molar-refractivity contribution in [2.45, 2.75) is 97.4 Å². The Balaban J connectivity index is 2.92.